The summed E-state index contributed by atoms with van der Waals surface area (Å²) < 4.78 is 40.4. The van der Waals surface area contributed by atoms with Gasteiger partial charge in [-0.3, -0.25) is 0 Å². The molecule has 0 N–H and O–H groups in total. The van der Waals surface area contributed by atoms with E-state index in [1.165, 1.54) is 18.2 Å². The van der Waals surface area contributed by atoms with Crippen molar-refractivity contribution in [2.24, 2.45) is 0 Å². The fourth-order valence-corrected chi connectivity index (χ4v) is 2.73. The summed E-state index contributed by atoms with van der Waals surface area (Å²) in [4.78, 5) is 3.99. The number of rotatable bonds is 2. The van der Waals surface area contributed by atoms with Crippen molar-refractivity contribution in [1.29, 1.82) is 0 Å². The van der Waals surface area contributed by atoms with Crippen LogP contribution in [0, 0.1) is 0 Å². The lowest BCUT2D eigenvalue weighted by atomic mass is 10.2. The number of aromatic nitrogens is 3. The minimum atomic E-state index is -4.56. The second-order valence-electron chi connectivity index (χ2n) is 4.73. The summed E-state index contributed by atoms with van der Waals surface area (Å²) in [7, 11) is 0. The van der Waals surface area contributed by atoms with Crippen LogP contribution < -0.4 is 0 Å². The van der Waals surface area contributed by atoms with Gasteiger partial charge < -0.3 is 0 Å². The first-order valence-electron chi connectivity index (χ1n) is 6.52. The number of para-hydroxylation sites is 1. The van der Waals surface area contributed by atoms with Gasteiger partial charge in [-0.15, -0.1) is 5.10 Å². The Hall–Kier alpha value is -1.76. The number of alkyl halides is 3. The summed E-state index contributed by atoms with van der Waals surface area (Å²) in [6.07, 6.45) is -4.56. The van der Waals surface area contributed by atoms with E-state index in [0.29, 0.717) is 5.56 Å². The highest BCUT2D eigenvalue weighted by atomic mass is 35.5. The molecule has 3 rings (SSSR count). The van der Waals surface area contributed by atoms with Crippen LogP contribution in [0.25, 0.3) is 17.1 Å². The number of hydrogen-bond acceptors (Lipinski definition) is 2. The Morgan fingerprint density at radius 1 is 0.917 bits per heavy atom. The lowest BCUT2D eigenvalue weighted by Gasteiger charge is -2.12. The van der Waals surface area contributed by atoms with Crippen molar-refractivity contribution in [3.8, 4) is 17.1 Å². The standard InChI is InChI=1S/C15H7Cl3F3N3/c16-10-6-3-4-8(12(10)17)13-22-14(18)24(23-13)11-7-2-1-5-9(11)15(19,20)21/h1-7H. The molecule has 9 heteroatoms. The van der Waals surface area contributed by atoms with Crippen molar-refractivity contribution in [1.82, 2.24) is 14.8 Å². The van der Waals surface area contributed by atoms with E-state index >= 15 is 0 Å². The molecular weight excluding hydrogens is 386 g/mol. The summed E-state index contributed by atoms with van der Waals surface area (Å²) in [5, 5.41) is 4.30. The third-order valence-corrected chi connectivity index (χ3v) is 4.26. The maximum atomic E-state index is 13.2. The Bertz CT molecular complexity index is 906. The van der Waals surface area contributed by atoms with Crippen LogP contribution in [-0.2, 0) is 6.18 Å². The molecule has 0 saturated heterocycles. The van der Waals surface area contributed by atoms with Crippen molar-refractivity contribution in [3.05, 3.63) is 63.4 Å². The van der Waals surface area contributed by atoms with Crippen molar-refractivity contribution >= 4 is 34.8 Å². The highest BCUT2D eigenvalue weighted by molar-refractivity contribution is 6.43. The summed E-state index contributed by atoms with van der Waals surface area (Å²) >= 11 is 18.0. The van der Waals surface area contributed by atoms with E-state index in [1.54, 1.807) is 18.2 Å². The zero-order valence-electron chi connectivity index (χ0n) is 11.7. The van der Waals surface area contributed by atoms with Gasteiger partial charge in [-0.1, -0.05) is 41.4 Å². The first-order valence-corrected chi connectivity index (χ1v) is 7.66. The van der Waals surface area contributed by atoms with Crippen LogP contribution >= 0.6 is 34.8 Å². The Labute approximate surface area is 149 Å². The molecule has 0 spiro atoms. The second kappa shape index (κ2) is 6.27. The molecular formula is C15H7Cl3F3N3. The molecule has 0 aliphatic heterocycles. The molecule has 0 amide bonds. The highest BCUT2D eigenvalue weighted by Crippen LogP contribution is 2.36. The lowest BCUT2D eigenvalue weighted by molar-refractivity contribution is -0.137. The predicted molar refractivity (Wildman–Crippen MR) is 86.8 cm³/mol. The predicted octanol–water partition coefficient (Wildman–Crippen LogP) is 5.91. The second-order valence-corrected chi connectivity index (χ2v) is 5.86. The van der Waals surface area contributed by atoms with Gasteiger partial charge in [0.25, 0.3) is 0 Å². The maximum absolute atomic E-state index is 13.2. The molecule has 0 unspecified atom stereocenters. The first-order chi connectivity index (χ1) is 11.3. The molecule has 3 aromatic rings. The van der Waals surface area contributed by atoms with Gasteiger partial charge >= 0.3 is 6.18 Å². The fraction of sp³-hybridized carbons (Fsp3) is 0.0667. The van der Waals surface area contributed by atoms with Gasteiger partial charge in [0, 0.05) is 5.56 Å². The average Bonchev–Trinajstić information content (AvgIpc) is 2.91. The number of nitrogens with zero attached hydrogens (tertiary/aromatic N) is 3. The van der Waals surface area contributed by atoms with Gasteiger partial charge in [0.15, 0.2) is 5.82 Å². The minimum Gasteiger partial charge on any atom is -0.202 e. The van der Waals surface area contributed by atoms with Gasteiger partial charge in [-0.05, 0) is 35.9 Å². The van der Waals surface area contributed by atoms with E-state index in [2.05, 4.69) is 10.1 Å². The van der Waals surface area contributed by atoms with Gasteiger partial charge in [0.1, 0.15) is 0 Å². The van der Waals surface area contributed by atoms with Crippen LogP contribution in [0.4, 0.5) is 13.2 Å². The molecule has 0 aliphatic rings. The zero-order chi connectivity index (χ0) is 17.5. The molecule has 0 saturated carbocycles. The maximum Gasteiger partial charge on any atom is 0.418 e. The smallest absolute Gasteiger partial charge is 0.202 e. The minimum absolute atomic E-state index is 0.0736. The average molecular weight is 393 g/mol. The van der Waals surface area contributed by atoms with Crippen LogP contribution in [0.1, 0.15) is 5.56 Å². The topological polar surface area (TPSA) is 30.7 Å². The normalized spacial score (nSPS) is 11.8. The molecule has 0 fully saturated rings. The molecule has 0 atom stereocenters. The van der Waals surface area contributed by atoms with Crippen LogP contribution in [0.3, 0.4) is 0 Å². The van der Waals surface area contributed by atoms with Gasteiger partial charge in [0.05, 0.1) is 21.3 Å². The molecule has 1 heterocycles. The first kappa shape index (κ1) is 17.1. The molecule has 124 valence electrons. The van der Waals surface area contributed by atoms with Gasteiger partial charge in [-0.25, -0.2) is 4.68 Å². The number of benzene rings is 2. The van der Waals surface area contributed by atoms with Crippen LogP contribution in [0.5, 0.6) is 0 Å². The Kier molecular flexibility index (Phi) is 4.46. The fourth-order valence-electron chi connectivity index (χ4n) is 2.13. The molecule has 2 aromatic carbocycles. The zero-order valence-corrected chi connectivity index (χ0v) is 13.9. The molecule has 24 heavy (non-hydrogen) atoms. The van der Waals surface area contributed by atoms with Crippen molar-refractivity contribution in [3.63, 3.8) is 0 Å². The van der Waals surface area contributed by atoms with E-state index in [0.717, 1.165) is 10.7 Å². The van der Waals surface area contributed by atoms with E-state index in [9.17, 15) is 13.2 Å². The van der Waals surface area contributed by atoms with E-state index in [-0.39, 0.29) is 26.8 Å². The third kappa shape index (κ3) is 3.09. The molecule has 0 radical (unpaired) electrons. The lowest BCUT2D eigenvalue weighted by Crippen LogP contribution is -2.11. The molecule has 0 aliphatic carbocycles. The number of halogens is 6. The largest absolute Gasteiger partial charge is 0.418 e. The molecule has 0 bridgehead atoms. The Morgan fingerprint density at radius 3 is 2.33 bits per heavy atom. The van der Waals surface area contributed by atoms with E-state index < -0.39 is 11.7 Å². The van der Waals surface area contributed by atoms with Crippen LogP contribution in [-0.4, -0.2) is 14.8 Å². The van der Waals surface area contributed by atoms with Gasteiger partial charge in [0.2, 0.25) is 5.28 Å². The van der Waals surface area contributed by atoms with Crippen molar-refractivity contribution in [2.75, 3.05) is 0 Å². The van der Waals surface area contributed by atoms with Crippen LogP contribution in [0.2, 0.25) is 15.3 Å². The molecule has 3 nitrogen and oxygen atoms in total. The van der Waals surface area contributed by atoms with E-state index in [1.807, 2.05) is 0 Å². The van der Waals surface area contributed by atoms with Crippen LogP contribution in [0.15, 0.2) is 42.5 Å². The summed E-state index contributed by atoms with van der Waals surface area (Å²) in [6, 6.07) is 9.74. The van der Waals surface area contributed by atoms with Crippen molar-refractivity contribution < 1.29 is 13.2 Å². The highest BCUT2D eigenvalue weighted by Gasteiger charge is 2.34. The van der Waals surface area contributed by atoms with E-state index in [4.69, 9.17) is 34.8 Å². The Morgan fingerprint density at radius 2 is 1.62 bits per heavy atom. The quantitative estimate of drug-likeness (QED) is 0.542. The summed E-state index contributed by atoms with van der Waals surface area (Å²) in [5.74, 6) is 0.0736. The molecule has 1 aromatic heterocycles. The monoisotopic (exact) mass is 391 g/mol. The van der Waals surface area contributed by atoms with Gasteiger partial charge in [-0.2, -0.15) is 18.2 Å². The number of hydrogen-bond donors (Lipinski definition) is 0. The summed E-state index contributed by atoms with van der Waals surface area (Å²) in [5.41, 5.74) is -0.734. The summed E-state index contributed by atoms with van der Waals surface area (Å²) in [6.45, 7) is 0. The third-order valence-electron chi connectivity index (χ3n) is 3.20. The van der Waals surface area contributed by atoms with Crippen molar-refractivity contribution in [2.45, 2.75) is 6.18 Å². The SMILES string of the molecule is FC(F)(F)c1ccccc1-n1nc(-c2cccc(Cl)c2Cl)nc1Cl. The Balaban J connectivity index is 2.17.